The van der Waals surface area contributed by atoms with Crippen molar-refractivity contribution in [2.45, 2.75) is 45.4 Å². The van der Waals surface area contributed by atoms with Crippen LogP contribution in [-0.2, 0) is 10.0 Å². The maximum absolute atomic E-state index is 11.8. The van der Waals surface area contributed by atoms with E-state index in [0.717, 1.165) is 19.4 Å². The summed E-state index contributed by atoms with van der Waals surface area (Å²) >= 11 is 0. The number of unbranched alkanes of at least 4 members (excludes halogenated alkanes) is 1. The zero-order valence-corrected chi connectivity index (χ0v) is 12.6. The highest BCUT2D eigenvalue weighted by atomic mass is 32.2. The van der Waals surface area contributed by atoms with E-state index in [1.54, 1.807) is 0 Å². The molecule has 0 radical (unpaired) electrons. The normalized spacial score (nSPS) is 25.2. The predicted molar refractivity (Wildman–Crippen MR) is 76.1 cm³/mol. The van der Waals surface area contributed by atoms with Crippen LogP contribution in [-0.4, -0.2) is 34.3 Å². The molecule has 0 aromatic rings. The number of nitrogens with one attached hydrogen (secondary N) is 2. The summed E-state index contributed by atoms with van der Waals surface area (Å²) in [6.45, 7) is 3.76. The van der Waals surface area contributed by atoms with Gasteiger partial charge >= 0.3 is 0 Å². The number of hydrogen-bond donors (Lipinski definition) is 2. The van der Waals surface area contributed by atoms with Gasteiger partial charge in [-0.2, -0.15) is 0 Å². The minimum absolute atomic E-state index is 0.260. The number of rotatable bonds is 8. The molecule has 1 fully saturated rings. The SMILES string of the molecule is CNCCCCS(=O)(=O)NCC1CCCCC1C. The summed E-state index contributed by atoms with van der Waals surface area (Å²) in [7, 11) is -1.18. The molecule has 108 valence electrons. The molecule has 0 aliphatic heterocycles. The smallest absolute Gasteiger partial charge is 0.211 e. The first kappa shape index (κ1) is 15.9. The molecule has 1 saturated carbocycles. The Morgan fingerprint density at radius 3 is 2.56 bits per heavy atom. The van der Waals surface area contributed by atoms with Gasteiger partial charge in [0.2, 0.25) is 10.0 Å². The number of hydrogen-bond acceptors (Lipinski definition) is 3. The molecule has 0 bridgehead atoms. The van der Waals surface area contributed by atoms with Crippen LogP contribution in [0.2, 0.25) is 0 Å². The van der Waals surface area contributed by atoms with Crippen molar-refractivity contribution in [2.24, 2.45) is 11.8 Å². The van der Waals surface area contributed by atoms with E-state index in [1.807, 2.05) is 7.05 Å². The molecule has 0 spiro atoms. The van der Waals surface area contributed by atoms with Crippen molar-refractivity contribution in [1.82, 2.24) is 10.0 Å². The van der Waals surface area contributed by atoms with Crippen molar-refractivity contribution in [3.05, 3.63) is 0 Å². The second kappa shape index (κ2) is 8.12. The average Bonchev–Trinajstić information content (AvgIpc) is 2.34. The van der Waals surface area contributed by atoms with Crippen LogP contribution < -0.4 is 10.0 Å². The van der Waals surface area contributed by atoms with Crippen molar-refractivity contribution in [3.8, 4) is 0 Å². The molecule has 1 aliphatic carbocycles. The lowest BCUT2D eigenvalue weighted by Gasteiger charge is -2.28. The molecule has 0 aromatic carbocycles. The first-order chi connectivity index (χ1) is 8.55. The summed E-state index contributed by atoms with van der Waals surface area (Å²) in [5.74, 6) is 1.45. The highest BCUT2D eigenvalue weighted by Crippen LogP contribution is 2.28. The van der Waals surface area contributed by atoms with Gasteiger partial charge in [-0.1, -0.05) is 26.2 Å². The Morgan fingerprint density at radius 1 is 1.17 bits per heavy atom. The summed E-state index contributed by atoms with van der Waals surface area (Å²) in [5.41, 5.74) is 0. The fourth-order valence-electron chi connectivity index (χ4n) is 2.60. The Kier molecular flexibility index (Phi) is 7.19. The van der Waals surface area contributed by atoms with Gasteiger partial charge < -0.3 is 5.32 Å². The summed E-state index contributed by atoms with van der Waals surface area (Å²) in [5, 5.41) is 3.03. The quantitative estimate of drug-likeness (QED) is 0.664. The zero-order valence-electron chi connectivity index (χ0n) is 11.7. The molecular formula is C13H28N2O2S. The van der Waals surface area contributed by atoms with Gasteiger partial charge in [-0.25, -0.2) is 13.1 Å². The molecule has 0 saturated heterocycles. The molecule has 0 amide bonds. The van der Waals surface area contributed by atoms with Crippen LogP contribution in [0.15, 0.2) is 0 Å². The Hall–Kier alpha value is -0.130. The Labute approximate surface area is 112 Å². The van der Waals surface area contributed by atoms with Gasteiger partial charge in [0.1, 0.15) is 0 Å². The van der Waals surface area contributed by atoms with Gasteiger partial charge in [-0.15, -0.1) is 0 Å². The molecule has 5 heteroatoms. The lowest BCUT2D eigenvalue weighted by molar-refractivity contribution is 0.257. The second-order valence-corrected chi connectivity index (χ2v) is 7.43. The van der Waals surface area contributed by atoms with Crippen LogP contribution in [0.4, 0.5) is 0 Å². The average molecular weight is 276 g/mol. The Bertz CT molecular complexity index is 317. The van der Waals surface area contributed by atoms with E-state index in [-0.39, 0.29) is 5.75 Å². The van der Waals surface area contributed by atoms with Crippen molar-refractivity contribution in [2.75, 3.05) is 25.9 Å². The van der Waals surface area contributed by atoms with Gasteiger partial charge in [-0.05, 0) is 44.7 Å². The standard InChI is InChI=1S/C13H28N2O2S/c1-12-7-3-4-8-13(12)11-15-18(16,17)10-6-5-9-14-2/h12-15H,3-11H2,1-2H3. The minimum atomic E-state index is -3.06. The third-order valence-electron chi connectivity index (χ3n) is 3.94. The van der Waals surface area contributed by atoms with Crippen molar-refractivity contribution >= 4 is 10.0 Å². The van der Waals surface area contributed by atoms with Gasteiger partial charge in [0, 0.05) is 6.54 Å². The maximum Gasteiger partial charge on any atom is 0.211 e. The Balaban J connectivity index is 2.23. The molecule has 2 N–H and O–H groups in total. The molecule has 4 nitrogen and oxygen atoms in total. The van der Waals surface area contributed by atoms with Crippen LogP contribution in [0.25, 0.3) is 0 Å². The monoisotopic (exact) mass is 276 g/mol. The lowest BCUT2D eigenvalue weighted by Crippen LogP contribution is -2.34. The van der Waals surface area contributed by atoms with Crippen LogP contribution >= 0.6 is 0 Å². The van der Waals surface area contributed by atoms with E-state index in [4.69, 9.17) is 0 Å². The van der Waals surface area contributed by atoms with Crippen LogP contribution in [0, 0.1) is 11.8 Å². The summed E-state index contributed by atoms with van der Waals surface area (Å²) in [6.07, 6.45) is 6.61. The zero-order chi connectivity index (χ0) is 13.4. The van der Waals surface area contributed by atoms with E-state index in [1.165, 1.54) is 25.7 Å². The van der Waals surface area contributed by atoms with Crippen molar-refractivity contribution in [3.63, 3.8) is 0 Å². The first-order valence-corrected chi connectivity index (χ1v) is 8.82. The number of sulfonamides is 1. The fraction of sp³-hybridized carbons (Fsp3) is 1.00. The molecule has 1 aliphatic rings. The van der Waals surface area contributed by atoms with Crippen LogP contribution in [0.1, 0.15) is 45.4 Å². The summed E-state index contributed by atoms with van der Waals surface area (Å²) in [6, 6.07) is 0. The van der Waals surface area contributed by atoms with Crippen LogP contribution in [0.3, 0.4) is 0 Å². The topological polar surface area (TPSA) is 58.2 Å². The molecule has 1 rings (SSSR count). The van der Waals surface area contributed by atoms with Gasteiger partial charge in [0.05, 0.1) is 5.75 Å². The highest BCUT2D eigenvalue weighted by Gasteiger charge is 2.22. The lowest BCUT2D eigenvalue weighted by atomic mass is 9.81. The largest absolute Gasteiger partial charge is 0.320 e. The van der Waals surface area contributed by atoms with E-state index >= 15 is 0 Å². The molecule has 2 atom stereocenters. The van der Waals surface area contributed by atoms with E-state index in [2.05, 4.69) is 17.0 Å². The second-order valence-electron chi connectivity index (χ2n) is 5.50. The van der Waals surface area contributed by atoms with E-state index < -0.39 is 10.0 Å². The van der Waals surface area contributed by atoms with Crippen molar-refractivity contribution < 1.29 is 8.42 Å². The molecular weight excluding hydrogens is 248 g/mol. The predicted octanol–water partition coefficient (Wildman–Crippen LogP) is 1.73. The first-order valence-electron chi connectivity index (χ1n) is 7.17. The van der Waals surface area contributed by atoms with Gasteiger partial charge in [0.15, 0.2) is 0 Å². The van der Waals surface area contributed by atoms with Gasteiger partial charge in [-0.3, -0.25) is 0 Å². The molecule has 18 heavy (non-hydrogen) atoms. The fourth-order valence-corrected chi connectivity index (χ4v) is 3.79. The van der Waals surface area contributed by atoms with E-state index in [0.29, 0.717) is 18.4 Å². The minimum Gasteiger partial charge on any atom is -0.320 e. The van der Waals surface area contributed by atoms with Crippen LogP contribution in [0.5, 0.6) is 0 Å². The molecule has 2 unspecified atom stereocenters. The summed E-state index contributed by atoms with van der Waals surface area (Å²) < 4.78 is 26.4. The maximum atomic E-state index is 11.8. The van der Waals surface area contributed by atoms with E-state index in [9.17, 15) is 8.42 Å². The Morgan fingerprint density at radius 2 is 1.89 bits per heavy atom. The van der Waals surface area contributed by atoms with Crippen molar-refractivity contribution in [1.29, 1.82) is 0 Å². The summed E-state index contributed by atoms with van der Waals surface area (Å²) in [4.78, 5) is 0. The highest BCUT2D eigenvalue weighted by molar-refractivity contribution is 7.89. The third-order valence-corrected chi connectivity index (χ3v) is 5.38. The molecule has 0 heterocycles. The molecule has 0 aromatic heterocycles. The van der Waals surface area contributed by atoms with Gasteiger partial charge in [0.25, 0.3) is 0 Å². The third kappa shape index (κ3) is 6.16.